The molecule has 0 atom stereocenters. The molecule has 0 saturated heterocycles. The number of alkyl halides is 3. The zero-order valence-electron chi connectivity index (χ0n) is 36.9. The number of aryl methyl sites for hydroxylation is 2. The number of para-hydroxylation sites is 1. The summed E-state index contributed by atoms with van der Waals surface area (Å²) in [5.74, 6) is -0.958. The smallest absolute Gasteiger partial charge is 0.416 e. The van der Waals surface area contributed by atoms with Crippen LogP contribution in [0.4, 0.5) is 30.8 Å². The lowest BCUT2D eigenvalue weighted by atomic mass is 10.1. The molecule has 356 valence electrons. The van der Waals surface area contributed by atoms with Gasteiger partial charge in [0, 0.05) is 19.8 Å². The molecule has 4 aromatic carbocycles. The van der Waals surface area contributed by atoms with Crippen molar-refractivity contribution in [2.45, 2.75) is 32.5 Å². The molecule has 0 aliphatic rings. The largest absolute Gasteiger partial charge is 0.457 e. The Morgan fingerprint density at radius 1 is 0.614 bits per heavy atom. The monoisotopic (exact) mass is 989 g/mol. The summed E-state index contributed by atoms with van der Waals surface area (Å²) in [4.78, 5) is 90.7. The fourth-order valence-electron chi connectivity index (χ4n) is 6.97. The third kappa shape index (κ3) is 10.8. The molecule has 0 saturated carbocycles. The maximum Gasteiger partial charge on any atom is 0.416 e. The SMILES string of the molecule is Cn1c(=O)n(Cc2ccc(C(F)(F)F)cc2)c(=O)c2cc(C(=O)OCc3ccccc3)sc21.Cn1c(=O)n(Cc2nc(N)nc(Nc3ccccc3)n2)c(=O)c2cc(C(=O)OCc3ccccc3)sc21. The van der Waals surface area contributed by atoms with Crippen LogP contribution in [-0.2, 0) is 56.0 Å². The Labute approximate surface area is 401 Å². The van der Waals surface area contributed by atoms with Gasteiger partial charge >= 0.3 is 29.5 Å². The first-order valence-electron chi connectivity index (χ1n) is 20.9. The molecule has 0 amide bonds. The number of carbonyl (C=O) groups excluding carboxylic acids is 2. The maximum absolute atomic E-state index is 13.3. The molecule has 0 fully saturated rings. The van der Waals surface area contributed by atoms with E-state index in [0.29, 0.717) is 15.2 Å². The zero-order valence-corrected chi connectivity index (χ0v) is 38.5. The van der Waals surface area contributed by atoms with E-state index >= 15 is 0 Å². The number of carbonyl (C=O) groups is 2. The quantitative estimate of drug-likeness (QED) is 0.120. The van der Waals surface area contributed by atoms with Gasteiger partial charge in [-0.05, 0) is 53.1 Å². The maximum atomic E-state index is 13.3. The van der Waals surface area contributed by atoms with Crippen LogP contribution >= 0.6 is 22.7 Å². The third-order valence-corrected chi connectivity index (χ3v) is 12.9. The van der Waals surface area contributed by atoms with Gasteiger partial charge in [-0.2, -0.15) is 28.1 Å². The van der Waals surface area contributed by atoms with Crippen molar-refractivity contribution >= 4 is 72.6 Å². The summed E-state index contributed by atoms with van der Waals surface area (Å²) in [6, 6.07) is 34.6. The number of nitrogens with one attached hydrogen (secondary N) is 1. The summed E-state index contributed by atoms with van der Waals surface area (Å²) >= 11 is 1.99. The minimum absolute atomic E-state index is 0.0605. The second-order valence-corrected chi connectivity index (χ2v) is 17.4. The number of nitrogens with zero attached hydrogens (tertiary/aromatic N) is 7. The van der Waals surface area contributed by atoms with Crippen LogP contribution < -0.4 is 33.5 Å². The lowest BCUT2D eigenvalue weighted by Gasteiger charge is -2.10. The third-order valence-electron chi connectivity index (χ3n) is 10.5. The molecule has 17 nitrogen and oxygen atoms in total. The van der Waals surface area contributed by atoms with Gasteiger partial charge in [0.1, 0.15) is 32.6 Å². The number of benzene rings is 4. The second kappa shape index (κ2) is 20.4. The molecule has 5 heterocycles. The highest BCUT2D eigenvalue weighted by Gasteiger charge is 2.30. The molecule has 0 unspecified atom stereocenters. The van der Waals surface area contributed by atoms with Crippen molar-refractivity contribution in [1.29, 1.82) is 0 Å². The number of esters is 2. The van der Waals surface area contributed by atoms with Crippen molar-refractivity contribution < 1.29 is 32.2 Å². The van der Waals surface area contributed by atoms with Gasteiger partial charge in [-0.1, -0.05) is 91.0 Å². The van der Waals surface area contributed by atoms with Crippen LogP contribution in [0.2, 0.25) is 0 Å². The van der Waals surface area contributed by atoms with Crippen LogP contribution in [0.25, 0.3) is 20.4 Å². The predicted molar refractivity (Wildman–Crippen MR) is 257 cm³/mol. The second-order valence-electron chi connectivity index (χ2n) is 15.4. The van der Waals surface area contributed by atoms with E-state index in [2.05, 4.69) is 20.3 Å². The van der Waals surface area contributed by atoms with E-state index in [1.54, 1.807) is 0 Å². The molecule has 0 spiro atoms. The Kier molecular flexibility index (Phi) is 14.0. The number of nitrogens with two attached hydrogens (primary N) is 1. The summed E-state index contributed by atoms with van der Waals surface area (Å²) in [7, 11) is 2.99. The van der Waals surface area contributed by atoms with E-state index in [1.807, 2.05) is 91.0 Å². The van der Waals surface area contributed by atoms with Crippen molar-refractivity contribution in [3.05, 3.63) is 207 Å². The number of ether oxygens (including phenoxy) is 2. The van der Waals surface area contributed by atoms with E-state index in [9.17, 15) is 41.9 Å². The number of anilines is 3. The number of halogens is 3. The molecule has 0 bridgehead atoms. The van der Waals surface area contributed by atoms with E-state index in [0.717, 1.165) is 60.8 Å². The number of nitrogen functional groups attached to an aromatic ring is 1. The Hall–Kier alpha value is -8.50. The lowest BCUT2D eigenvalue weighted by Crippen LogP contribution is -2.39. The number of fused-ring (bicyclic) bond motifs is 2. The first-order chi connectivity index (χ1) is 33.5. The van der Waals surface area contributed by atoms with Crippen molar-refractivity contribution in [2.24, 2.45) is 14.1 Å². The fraction of sp³-hybridized carbons (Fsp3) is 0.146. The van der Waals surface area contributed by atoms with E-state index in [4.69, 9.17) is 15.2 Å². The van der Waals surface area contributed by atoms with Crippen LogP contribution in [0.1, 0.15) is 47.4 Å². The normalized spacial score (nSPS) is 11.3. The molecule has 5 aromatic heterocycles. The van der Waals surface area contributed by atoms with Gasteiger partial charge in [0.25, 0.3) is 11.1 Å². The van der Waals surface area contributed by atoms with Crippen molar-refractivity contribution in [2.75, 3.05) is 11.1 Å². The summed E-state index contributed by atoms with van der Waals surface area (Å²) < 4.78 is 53.5. The van der Waals surface area contributed by atoms with Crippen LogP contribution in [0.5, 0.6) is 0 Å². The molecular formula is C48H38F3N9O8S2. The Morgan fingerprint density at radius 2 is 1.07 bits per heavy atom. The Bertz CT molecular complexity index is 3630. The summed E-state index contributed by atoms with van der Waals surface area (Å²) in [5.41, 5.74) is 5.33. The Balaban J connectivity index is 0.000000190. The molecule has 22 heteroatoms. The number of hydrogen-bond acceptors (Lipinski definition) is 15. The highest BCUT2D eigenvalue weighted by Crippen LogP contribution is 2.29. The molecule has 70 heavy (non-hydrogen) atoms. The Morgan fingerprint density at radius 3 is 1.54 bits per heavy atom. The van der Waals surface area contributed by atoms with E-state index in [1.165, 1.54) is 47.5 Å². The zero-order chi connectivity index (χ0) is 49.7. The number of thiophene rings is 2. The molecule has 0 radical (unpaired) electrons. The molecule has 9 rings (SSSR count). The fourth-order valence-corrected chi connectivity index (χ4v) is 8.97. The number of rotatable bonds is 12. The topological polar surface area (TPSA) is 217 Å². The first kappa shape index (κ1) is 48.0. The van der Waals surface area contributed by atoms with E-state index in [-0.39, 0.29) is 64.6 Å². The summed E-state index contributed by atoms with van der Waals surface area (Å²) in [6.07, 6.45) is -4.48. The van der Waals surface area contributed by atoms with Gasteiger partial charge in [0.2, 0.25) is 11.9 Å². The lowest BCUT2D eigenvalue weighted by molar-refractivity contribution is -0.137. The van der Waals surface area contributed by atoms with Crippen LogP contribution in [0, 0.1) is 0 Å². The van der Waals surface area contributed by atoms with E-state index < -0.39 is 46.2 Å². The standard InChI is InChI=1S/C25H21N7O4S.C23H17F3N2O4S/c1-31-21-17(12-18(37-21)22(34)36-14-15-8-4-2-5-9-15)20(33)32(25(31)35)13-19-28-23(26)30-24(29-19)27-16-10-6-3-7-11-16;1-27-20-17(11-18(33-20)21(30)32-13-15-5-3-2-4-6-15)19(29)28(22(27)31)12-14-7-9-16(10-8-14)23(24,25)26/h2-12H,13-14H2,1H3,(H3,26,27,28,29,30);2-11H,12-13H2,1H3. The summed E-state index contributed by atoms with van der Waals surface area (Å²) in [6.45, 7) is -0.285. The minimum Gasteiger partial charge on any atom is -0.457 e. The predicted octanol–water partition coefficient (Wildman–Crippen LogP) is 6.86. The highest BCUT2D eigenvalue weighted by atomic mass is 32.1. The van der Waals surface area contributed by atoms with Crippen molar-refractivity contribution in [3.8, 4) is 0 Å². The van der Waals surface area contributed by atoms with Crippen LogP contribution in [0.15, 0.2) is 147 Å². The first-order valence-corrected chi connectivity index (χ1v) is 22.5. The number of hydrogen-bond donors (Lipinski definition) is 2. The average Bonchev–Trinajstić information content (AvgIpc) is 4.02. The van der Waals surface area contributed by atoms with Gasteiger partial charge in [0.15, 0.2) is 5.82 Å². The molecule has 3 N–H and O–H groups in total. The molecular weight excluding hydrogens is 952 g/mol. The van der Waals surface area contributed by atoms with Crippen molar-refractivity contribution in [1.82, 2.24) is 33.2 Å². The average molecular weight is 990 g/mol. The summed E-state index contributed by atoms with van der Waals surface area (Å²) in [5, 5.41) is 3.38. The molecule has 0 aliphatic heterocycles. The van der Waals surface area contributed by atoms with Gasteiger partial charge in [-0.25, -0.2) is 19.2 Å². The molecule has 9 aromatic rings. The number of aromatic nitrogens is 7. The molecule has 0 aliphatic carbocycles. The van der Waals surface area contributed by atoms with Gasteiger partial charge in [-0.15, -0.1) is 22.7 Å². The minimum atomic E-state index is -4.48. The highest BCUT2D eigenvalue weighted by molar-refractivity contribution is 7.20. The van der Waals surface area contributed by atoms with Gasteiger partial charge in [0.05, 0.1) is 29.4 Å². The van der Waals surface area contributed by atoms with Crippen LogP contribution in [-0.4, -0.2) is 45.2 Å². The van der Waals surface area contributed by atoms with Gasteiger partial charge < -0.3 is 20.5 Å². The van der Waals surface area contributed by atoms with Crippen LogP contribution in [0.3, 0.4) is 0 Å². The van der Waals surface area contributed by atoms with Gasteiger partial charge in [-0.3, -0.25) is 27.9 Å². The van der Waals surface area contributed by atoms with Crippen molar-refractivity contribution in [3.63, 3.8) is 0 Å².